The molecular formula is C13H21N3. The predicted molar refractivity (Wildman–Crippen MR) is 67.2 cm³/mol. The van der Waals surface area contributed by atoms with Gasteiger partial charge in [-0.05, 0) is 43.4 Å². The lowest BCUT2D eigenvalue weighted by atomic mass is 9.80. The van der Waals surface area contributed by atoms with E-state index in [9.17, 15) is 0 Å². The van der Waals surface area contributed by atoms with Crippen molar-refractivity contribution < 1.29 is 0 Å². The average Bonchev–Trinajstić information content (AvgIpc) is 2.71. The second-order valence-electron chi connectivity index (χ2n) is 5.07. The molecule has 1 unspecified atom stereocenters. The van der Waals surface area contributed by atoms with Gasteiger partial charge in [-0.3, -0.25) is 0 Å². The zero-order valence-corrected chi connectivity index (χ0v) is 10.2. The minimum Gasteiger partial charge on any atom is -0.383 e. The van der Waals surface area contributed by atoms with Crippen molar-refractivity contribution in [1.29, 1.82) is 0 Å². The SMILES string of the molecule is CC(C)C1(Cc2cccnc2N)CCCN1. The molecule has 3 N–H and O–H groups in total. The monoisotopic (exact) mass is 219 g/mol. The maximum atomic E-state index is 5.92. The van der Waals surface area contributed by atoms with E-state index in [4.69, 9.17) is 5.73 Å². The molecule has 1 atom stereocenters. The smallest absolute Gasteiger partial charge is 0.126 e. The Morgan fingerprint density at radius 2 is 2.38 bits per heavy atom. The lowest BCUT2D eigenvalue weighted by molar-refractivity contribution is 0.269. The average molecular weight is 219 g/mol. The van der Waals surface area contributed by atoms with Gasteiger partial charge in [0.05, 0.1) is 0 Å². The van der Waals surface area contributed by atoms with Crippen molar-refractivity contribution in [3.05, 3.63) is 23.9 Å². The minimum absolute atomic E-state index is 0.219. The van der Waals surface area contributed by atoms with Gasteiger partial charge in [-0.25, -0.2) is 4.98 Å². The van der Waals surface area contributed by atoms with Crippen LogP contribution in [0.4, 0.5) is 5.82 Å². The fraction of sp³-hybridized carbons (Fsp3) is 0.615. The van der Waals surface area contributed by atoms with Gasteiger partial charge >= 0.3 is 0 Å². The Morgan fingerprint density at radius 1 is 1.56 bits per heavy atom. The summed E-state index contributed by atoms with van der Waals surface area (Å²) in [5, 5.41) is 3.66. The Labute approximate surface area is 97.5 Å². The quantitative estimate of drug-likeness (QED) is 0.817. The molecule has 3 nitrogen and oxygen atoms in total. The van der Waals surface area contributed by atoms with Crippen molar-refractivity contribution in [2.75, 3.05) is 12.3 Å². The lowest BCUT2D eigenvalue weighted by Crippen LogP contribution is -2.46. The highest BCUT2D eigenvalue weighted by molar-refractivity contribution is 5.39. The summed E-state index contributed by atoms with van der Waals surface area (Å²) in [6, 6.07) is 4.06. The minimum atomic E-state index is 0.219. The highest BCUT2D eigenvalue weighted by Gasteiger charge is 2.36. The normalized spacial score (nSPS) is 25.2. The Morgan fingerprint density at radius 3 is 2.94 bits per heavy atom. The molecule has 0 aromatic carbocycles. The fourth-order valence-electron chi connectivity index (χ4n) is 2.62. The molecule has 0 aliphatic carbocycles. The topological polar surface area (TPSA) is 50.9 Å². The molecule has 0 spiro atoms. The predicted octanol–water partition coefficient (Wildman–Crippen LogP) is 1.98. The molecule has 88 valence electrons. The van der Waals surface area contributed by atoms with Crippen LogP contribution < -0.4 is 11.1 Å². The summed E-state index contributed by atoms with van der Waals surface area (Å²) in [5.41, 5.74) is 7.31. The standard InChI is InChI=1S/C13H21N3/c1-10(2)13(6-4-8-16-13)9-11-5-3-7-15-12(11)14/h3,5,7,10,16H,4,6,8-9H2,1-2H3,(H2,14,15). The van der Waals surface area contributed by atoms with E-state index in [0.29, 0.717) is 11.7 Å². The molecule has 0 bridgehead atoms. The third-order valence-electron chi connectivity index (χ3n) is 3.81. The largest absolute Gasteiger partial charge is 0.383 e. The zero-order valence-electron chi connectivity index (χ0n) is 10.2. The Kier molecular flexibility index (Phi) is 3.15. The van der Waals surface area contributed by atoms with Gasteiger partial charge in [0.25, 0.3) is 0 Å². The van der Waals surface area contributed by atoms with E-state index in [2.05, 4.69) is 30.2 Å². The molecule has 1 aliphatic heterocycles. The summed E-state index contributed by atoms with van der Waals surface area (Å²) in [7, 11) is 0. The molecule has 1 fully saturated rings. The summed E-state index contributed by atoms with van der Waals surface area (Å²) in [6.45, 7) is 5.69. The fourth-order valence-corrected chi connectivity index (χ4v) is 2.62. The van der Waals surface area contributed by atoms with Crippen molar-refractivity contribution in [3.8, 4) is 0 Å². The maximum Gasteiger partial charge on any atom is 0.126 e. The van der Waals surface area contributed by atoms with Crippen LogP contribution in [-0.4, -0.2) is 17.1 Å². The summed E-state index contributed by atoms with van der Waals surface area (Å²) in [6.07, 6.45) is 5.24. The third-order valence-corrected chi connectivity index (χ3v) is 3.81. The number of aromatic nitrogens is 1. The first-order valence-corrected chi connectivity index (χ1v) is 6.08. The van der Waals surface area contributed by atoms with E-state index >= 15 is 0 Å². The Balaban J connectivity index is 2.21. The molecule has 2 rings (SSSR count). The molecule has 0 saturated carbocycles. The van der Waals surface area contributed by atoms with E-state index < -0.39 is 0 Å². The molecular weight excluding hydrogens is 198 g/mol. The Hall–Kier alpha value is -1.09. The van der Waals surface area contributed by atoms with Crippen LogP contribution >= 0.6 is 0 Å². The third kappa shape index (κ3) is 2.05. The molecule has 1 aromatic rings. The van der Waals surface area contributed by atoms with Crippen molar-refractivity contribution >= 4 is 5.82 Å². The van der Waals surface area contributed by atoms with E-state index in [-0.39, 0.29) is 5.54 Å². The molecule has 16 heavy (non-hydrogen) atoms. The summed E-state index contributed by atoms with van der Waals surface area (Å²) in [5.74, 6) is 1.30. The number of anilines is 1. The van der Waals surface area contributed by atoms with Crippen LogP contribution in [0, 0.1) is 5.92 Å². The van der Waals surface area contributed by atoms with Gasteiger partial charge in [0.15, 0.2) is 0 Å². The van der Waals surface area contributed by atoms with Crippen LogP contribution in [-0.2, 0) is 6.42 Å². The number of pyridine rings is 1. The van der Waals surface area contributed by atoms with Crippen molar-refractivity contribution in [1.82, 2.24) is 10.3 Å². The summed E-state index contributed by atoms with van der Waals surface area (Å²) < 4.78 is 0. The molecule has 0 amide bonds. The first-order valence-electron chi connectivity index (χ1n) is 6.08. The van der Waals surface area contributed by atoms with Gasteiger partial charge in [-0.1, -0.05) is 19.9 Å². The van der Waals surface area contributed by atoms with Crippen molar-refractivity contribution in [2.24, 2.45) is 5.92 Å². The van der Waals surface area contributed by atoms with Gasteiger partial charge in [0.1, 0.15) is 5.82 Å². The zero-order chi connectivity index (χ0) is 11.6. The van der Waals surface area contributed by atoms with E-state index in [1.165, 1.54) is 18.4 Å². The second-order valence-corrected chi connectivity index (χ2v) is 5.07. The molecule has 1 saturated heterocycles. The Bertz CT molecular complexity index is 354. The van der Waals surface area contributed by atoms with Crippen molar-refractivity contribution in [3.63, 3.8) is 0 Å². The summed E-state index contributed by atoms with van der Waals surface area (Å²) >= 11 is 0. The highest BCUT2D eigenvalue weighted by Crippen LogP contribution is 2.32. The van der Waals surface area contributed by atoms with Crippen LogP contribution in [0.3, 0.4) is 0 Å². The molecule has 3 heteroatoms. The lowest BCUT2D eigenvalue weighted by Gasteiger charge is -2.34. The number of hydrogen-bond acceptors (Lipinski definition) is 3. The van der Waals surface area contributed by atoms with Gasteiger partial charge in [-0.2, -0.15) is 0 Å². The van der Waals surface area contributed by atoms with Crippen LogP contribution in [0.15, 0.2) is 18.3 Å². The van der Waals surface area contributed by atoms with Gasteiger partial charge < -0.3 is 11.1 Å². The number of hydrogen-bond donors (Lipinski definition) is 2. The first-order chi connectivity index (χ1) is 7.64. The summed E-state index contributed by atoms with van der Waals surface area (Å²) in [4.78, 5) is 4.16. The molecule has 1 aromatic heterocycles. The number of rotatable bonds is 3. The number of nitrogens with two attached hydrogens (primary N) is 1. The molecule has 2 heterocycles. The molecule has 1 aliphatic rings. The number of nitrogens with zero attached hydrogens (tertiary/aromatic N) is 1. The van der Waals surface area contributed by atoms with E-state index in [1.807, 2.05) is 6.07 Å². The maximum absolute atomic E-state index is 5.92. The van der Waals surface area contributed by atoms with Crippen molar-refractivity contribution in [2.45, 2.75) is 38.6 Å². The highest BCUT2D eigenvalue weighted by atomic mass is 15.0. The van der Waals surface area contributed by atoms with E-state index in [1.54, 1.807) is 6.20 Å². The van der Waals surface area contributed by atoms with Crippen LogP contribution in [0.5, 0.6) is 0 Å². The van der Waals surface area contributed by atoms with Gasteiger partial charge in [-0.15, -0.1) is 0 Å². The van der Waals surface area contributed by atoms with Crippen LogP contribution in [0.2, 0.25) is 0 Å². The van der Waals surface area contributed by atoms with Gasteiger partial charge in [0, 0.05) is 11.7 Å². The van der Waals surface area contributed by atoms with Crippen LogP contribution in [0.1, 0.15) is 32.3 Å². The van der Waals surface area contributed by atoms with Gasteiger partial charge in [0.2, 0.25) is 0 Å². The molecule has 0 radical (unpaired) electrons. The number of nitrogen functional groups attached to an aromatic ring is 1. The van der Waals surface area contributed by atoms with E-state index in [0.717, 1.165) is 13.0 Å². The number of nitrogens with one attached hydrogen (secondary N) is 1. The first kappa shape index (κ1) is 11.4. The van der Waals surface area contributed by atoms with Crippen LogP contribution in [0.25, 0.3) is 0 Å². The second kappa shape index (κ2) is 4.42.